The highest BCUT2D eigenvalue weighted by Gasteiger charge is 2.11. The van der Waals surface area contributed by atoms with Crippen LogP contribution in [0.4, 0.5) is 5.82 Å². The maximum atomic E-state index is 11.6. The van der Waals surface area contributed by atoms with Gasteiger partial charge in [0, 0.05) is 11.9 Å². The molecular weight excluding hydrogens is 270 g/mol. The molecule has 6 nitrogen and oxygen atoms in total. The maximum Gasteiger partial charge on any atom is 0.354 e. The quantitative estimate of drug-likeness (QED) is 0.754. The van der Waals surface area contributed by atoms with Crippen molar-refractivity contribution >= 4 is 28.5 Å². The molecule has 1 heterocycles. The van der Waals surface area contributed by atoms with Crippen molar-refractivity contribution in [2.75, 3.05) is 18.4 Å². The fraction of sp³-hybridized carbons (Fsp3) is 0.267. The number of carboxylic acid groups (broad SMARTS) is 1. The lowest BCUT2D eigenvalue weighted by Gasteiger charge is -2.10. The summed E-state index contributed by atoms with van der Waals surface area (Å²) in [6.07, 6.45) is 0.863. The van der Waals surface area contributed by atoms with Crippen molar-refractivity contribution in [1.82, 2.24) is 10.3 Å². The van der Waals surface area contributed by atoms with Gasteiger partial charge in [0.25, 0.3) is 0 Å². The number of aromatic carboxylic acids is 1. The van der Waals surface area contributed by atoms with Crippen molar-refractivity contribution in [2.24, 2.45) is 0 Å². The van der Waals surface area contributed by atoms with Crippen LogP contribution < -0.4 is 10.6 Å². The fourth-order valence-electron chi connectivity index (χ4n) is 1.93. The highest BCUT2D eigenvalue weighted by molar-refractivity contribution is 5.98. The third-order valence-corrected chi connectivity index (χ3v) is 2.95. The molecule has 110 valence electrons. The number of nitrogens with zero attached hydrogens (tertiary/aromatic N) is 1. The Hall–Kier alpha value is -2.63. The average Bonchev–Trinajstić information content (AvgIpc) is 2.50. The summed E-state index contributed by atoms with van der Waals surface area (Å²) in [5.74, 6) is -0.847. The number of hydrogen-bond donors (Lipinski definition) is 3. The molecule has 0 atom stereocenters. The van der Waals surface area contributed by atoms with E-state index in [-0.39, 0.29) is 18.1 Å². The highest BCUT2D eigenvalue weighted by Crippen LogP contribution is 2.22. The second kappa shape index (κ2) is 6.69. The molecule has 2 rings (SSSR count). The van der Waals surface area contributed by atoms with Gasteiger partial charge in [-0.25, -0.2) is 9.78 Å². The van der Waals surface area contributed by atoms with Crippen molar-refractivity contribution in [1.29, 1.82) is 0 Å². The van der Waals surface area contributed by atoms with E-state index in [1.807, 2.05) is 31.2 Å². The standard InChI is InChI=1S/C15H17N3O3/c1-2-7-16-13(19)9-17-14-11-6-4-3-5-10(11)8-12(18-14)15(20)21/h3-6,8H,2,7,9H2,1H3,(H,16,19)(H,17,18)(H,20,21). The third kappa shape index (κ3) is 3.68. The normalized spacial score (nSPS) is 10.3. The Morgan fingerprint density at radius 1 is 1.29 bits per heavy atom. The van der Waals surface area contributed by atoms with E-state index in [4.69, 9.17) is 5.11 Å². The van der Waals surface area contributed by atoms with Gasteiger partial charge in [0.05, 0.1) is 6.54 Å². The van der Waals surface area contributed by atoms with E-state index in [9.17, 15) is 9.59 Å². The van der Waals surface area contributed by atoms with Crippen molar-refractivity contribution in [2.45, 2.75) is 13.3 Å². The number of pyridine rings is 1. The van der Waals surface area contributed by atoms with E-state index in [0.29, 0.717) is 12.4 Å². The minimum atomic E-state index is -1.10. The molecule has 1 amide bonds. The lowest BCUT2D eigenvalue weighted by molar-refractivity contribution is -0.119. The van der Waals surface area contributed by atoms with Crippen molar-refractivity contribution in [3.05, 3.63) is 36.0 Å². The molecule has 0 aliphatic heterocycles. The molecule has 0 aliphatic carbocycles. The number of fused-ring (bicyclic) bond motifs is 1. The molecule has 1 aromatic carbocycles. The lowest BCUT2D eigenvalue weighted by Crippen LogP contribution is -2.30. The fourth-order valence-corrected chi connectivity index (χ4v) is 1.93. The first kappa shape index (κ1) is 14.8. The number of carbonyl (C=O) groups is 2. The van der Waals surface area contributed by atoms with E-state index in [1.165, 1.54) is 6.07 Å². The summed E-state index contributed by atoms with van der Waals surface area (Å²) in [6, 6.07) is 8.82. The number of amides is 1. The summed E-state index contributed by atoms with van der Waals surface area (Å²) in [5, 5.41) is 16.3. The molecule has 0 saturated heterocycles. The van der Waals surface area contributed by atoms with E-state index in [1.54, 1.807) is 0 Å². The van der Waals surface area contributed by atoms with Gasteiger partial charge >= 0.3 is 5.97 Å². The van der Waals surface area contributed by atoms with Gasteiger partial charge in [-0.15, -0.1) is 0 Å². The smallest absolute Gasteiger partial charge is 0.354 e. The predicted molar refractivity (Wildman–Crippen MR) is 80.5 cm³/mol. The van der Waals surface area contributed by atoms with Crippen LogP contribution in [-0.2, 0) is 4.79 Å². The Morgan fingerprint density at radius 2 is 2.05 bits per heavy atom. The zero-order valence-corrected chi connectivity index (χ0v) is 11.7. The van der Waals surface area contributed by atoms with Crippen LogP contribution in [0, 0.1) is 0 Å². The first-order chi connectivity index (χ1) is 10.1. The summed E-state index contributed by atoms with van der Waals surface area (Å²) >= 11 is 0. The van der Waals surface area contributed by atoms with Crippen LogP contribution in [0.2, 0.25) is 0 Å². The second-order valence-corrected chi connectivity index (χ2v) is 4.59. The van der Waals surface area contributed by atoms with Crippen molar-refractivity contribution in [3.8, 4) is 0 Å². The van der Waals surface area contributed by atoms with E-state index in [0.717, 1.165) is 17.2 Å². The van der Waals surface area contributed by atoms with Gasteiger partial charge in [0.15, 0.2) is 5.69 Å². The number of carbonyl (C=O) groups excluding carboxylic acids is 1. The Morgan fingerprint density at radius 3 is 2.76 bits per heavy atom. The van der Waals surface area contributed by atoms with E-state index < -0.39 is 5.97 Å². The monoisotopic (exact) mass is 287 g/mol. The van der Waals surface area contributed by atoms with Crippen LogP contribution >= 0.6 is 0 Å². The molecule has 0 unspecified atom stereocenters. The van der Waals surface area contributed by atoms with Gasteiger partial charge in [-0.1, -0.05) is 31.2 Å². The second-order valence-electron chi connectivity index (χ2n) is 4.59. The number of hydrogen-bond acceptors (Lipinski definition) is 4. The van der Waals surface area contributed by atoms with Gasteiger partial charge in [0.1, 0.15) is 5.82 Å². The summed E-state index contributed by atoms with van der Waals surface area (Å²) in [4.78, 5) is 26.8. The number of benzene rings is 1. The minimum absolute atomic E-state index is 0.0508. The molecule has 0 saturated carbocycles. The third-order valence-electron chi connectivity index (χ3n) is 2.95. The number of nitrogens with one attached hydrogen (secondary N) is 2. The molecule has 0 spiro atoms. The lowest BCUT2D eigenvalue weighted by atomic mass is 10.1. The first-order valence-electron chi connectivity index (χ1n) is 6.75. The largest absolute Gasteiger partial charge is 0.477 e. The average molecular weight is 287 g/mol. The molecule has 2 aromatic rings. The highest BCUT2D eigenvalue weighted by atomic mass is 16.4. The summed E-state index contributed by atoms with van der Waals surface area (Å²) < 4.78 is 0. The molecular formula is C15H17N3O3. The zero-order valence-electron chi connectivity index (χ0n) is 11.7. The van der Waals surface area contributed by atoms with Crippen molar-refractivity contribution < 1.29 is 14.7 Å². The van der Waals surface area contributed by atoms with Crippen molar-refractivity contribution in [3.63, 3.8) is 0 Å². The van der Waals surface area contributed by atoms with Crippen LogP contribution in [0.1, 0.15) is 23.8 Å². The summed E-state index contributed by atoms with van der Waals surface area (Å²) in [6.45, 7) is 2.64. The molecule has 6 heteroatoms. The summed E-state index contributed by atoms with van der Waals surface area (Å²) in [7, 11) is 0. The Bertz CT molecular complexity index is 670. The molecule has 21 heavy (non-hydrogen) atoms. The molecule has 0 bridgehead atoms. The minimum Gasteiger partial charge on any atom is -0.477 e. The van der Waals surface area contributed by atoms with Gasteiger partial charge in [-0.3, -0.25) is 4.79 Å². The van der Waals surface area contributed by atoms with Gasteiger partial charge in [0.2, 0.25) is 5.91 Å². The van der Waals surface area contributed by atoms with Crippen LogP contribution in [0.15, 0.2) is 30.3 Å². The first-order valence-corrected chi connectivity index (χ1v) is 6.75. The van der Waals surface area contributed by atoms with E-state index in [2.05, 4.69) is 15.6 Å². The maximum absolute atomic E-state index is 11.6. The van der Waals surface area contributed by atoms with Gasteiger partial charge in [-0.2, -0.15) is 0 Å². The number of aromatic nitrogens is 1. The Kier molecular flexibility index (Phi) is 4.71. The molecule has 3 N–H and O–H groups in total. The molecule has 0 fully saturated rings. The SMILES string of the molecule is CCCNC(=O)CNc1nc(C(=O)O)cc2ccccc12. The Labute approximate surface area is 122 Å². The number of anilines is 1. The van der Waals surface area contributed by atoms with Crippen LogP contribution in [0.25, 0.3) is 10.8 Å². The van der Waals surface area contributed by atoms with Crippen LogP contribution in [0.5, 0.6) is 0 Å². The summed E-state index contributed by atoms with van der Waals surface area (Å²) in [5.41, 5.74) is -0.0508. The van der Waals surface area contributed by atoms with Crippen LogP contribution in [-0.4, -0.2) is 35.1 Å². The molecule has 0 radical (unpaired) electrons. The number of rotatable bonds is 6. The Balaban J connectivity index is 2.25. The molecule has 1 aromatic heterocycles. The van der Waals surface area contributed by atoms with Gasteiger partial charge < -0.3 is 15.7 Å². The predicted octanol–water partition coefficient (Wildman–Crippen LogP) is 1.87. The topological polar surface area (TPSA) is 91.3 Å². The van der Waals surface area contributed by atoms with E-state index >= 15 is 0 Å². The molecule has 0 aliphatic rings. The zero-order chi connectivity index (χ0) is 15.2. The van der Waals surface area contributed by atoms with Crippen LogP contribution in [0.3, 0.4) is 0 Å². The number of carboxylic acids is 1. The van der Waals surface area contributed by atoms with Gasteiger partial charge in [-0.05, 0) is 17.9 Å².